The molecule has 0 radical (unpaired) electrons. The van der Waals surface area contributed by atoms with E-state index in [-0.39, 0.29) is 17.7 Å². The number of azo groups is 4. The molecule has 0 saturated carbocycles. The molecule has 47 heteroatoms. The van der Waals surface area contributed by atoms with Gasteiger partial charge in [-0.3, -0.25) is 32.5 Å². The van der Waals surface area contributed by atoms with Gasteiger partial charge in [0.2, 0.25) is 11.6 Å². The number of carbonyl (C=O) groups is 1. The van der Waals surface area contributed by atoms with E-state index in [0.717, 1.165) is 54.6 Å². The van der Waals surface area contributed by atoms with E-state index in [0.29, 0.717) is 41.1 Å². The predicted octanol–water partition coefficient (Wildman–Crippen LogP) is 7.84. The molecule has 14 N–H and O–H groups in total. The molecule has 0 aliphatic carbocycles. The summed E-state index contributed by atoms with van der Waals surface area (Å²) in [6, 6.07) is 10.5. The maximum Gasteiger partial charge on any atom is 0.358 e. The summed E-state index contributed by atoms with van der Waals surface area (Å²) in [5.41, 5.74) is -3.89. The molecule has 7 aromatic carbocycles. The molecule has 40 nitrogen and oxygen atoms in total. The number of fused-ring (bicyclic) bond motifs is 2. The van der Waals surface area contributed by atoms with Gasteiger partial charge >= 0.3 is 5.97 Å². The van der Waals surface area contributed by atoms with E-state index in [9.17, 15) is 113 Å². The van der Waals surface area contributed by atoms with Crippen LogP contribution in [0.4, 0.5) is 56.9 Å². The second-order valence-electron chi connectivity index (χ2n) is 17.1. The van der Waals surface area contributed by atoms with Gasteiger partial charge in [-0.25, -0.2) is 10.1 Å². The lowest BCUT2D eigenvalue weighted by Crippen LogP contribution is -2.08. The fourth-order valence-corrected chi connectivity index (χ4v) is 12.2. The number of carboxylic acid groups (broad SMARTS) is 1. The van der Waals surface area contributed by atoms with E-state index in [1.165, 1.54) is 0 Å². The Labute approximate surface area is 498 Å². The molecule has 0 aliphatic rings. The lowest BCUT2D eigenvalue weighted by molar-refractivity contribution is -0.432. The summed E-state index contributed by atoms with van der Waals surface area (Å²) in [5.74, 6) is -5.59. The molecule has 1 heterocycles. The van der Waals surface area contributed by atoms with Gasteiger partial charge < -0.3 is 36.6 Å². The highest BCUT2D eigenvalue weighted by atomic mass is 32.2. The van der Waals surface area contributed by atoms with E-state index >= 15 is 0 Å². The van der Waals surface area contributed by atoms with Crippen molar-refractivity contribution in [3.8, 4) is 23.1 Å². The van der Waals surface area contributed by atoms with Gasteiger partial charge in [0, 0.05) is 16.2 Å². The Morgan fingerprint density at radius 1 is 0.551 bits per heavy atom. The summed E-state index contributed by atoms with van der Waals surface area (Å²) in [5, 5.41) is 106. The van der Waals surface area contributed by atoms with Gasteiger partial charge in [-0.1, -0.05) is 5.04 Å². The first-order chi connectivity index (χ1) is 41.2. The molecule has 8 aromatic rings. The Bertz CT molecular complexity index is 5180. The fourth-order valence-electron chi connectivity index (χ4n) is 7.82. The SMILES string of the molecule is Nc1c(N=Nc2ccc3c(O)c(N=Nc4ccc(S(=O)(=O)O)c(N=Nc5c(C(=O)O)nn(-c6ccc(S(=O)(=O)O)cc6)c5O)c4)c(S(=O)(=O)O)cc3c2S(=O)(=O)O)cc(S(=O)(=O)O)c2cc(SOOO)c(N=Nc3ccc(N([O-])O)cc3S(=O)(=O)O)c(O)c12. The molecule has 0 saturated heterocycles. The zero-order chi connectivity index (χ0) is 65.8. The number of rotatable bonds is 20. The van der Waals surface area contributed by atoms with Crippen LogP contribution in [0.25, 0.3) is 27.2 Å². The first kappa shape index (κ1) is 65.7. The van der Waals surface area contributed by atoms with Crippen molar-refractivity contribution in [3.05, 3.63) is 102 Å². The monoisotopic (exact) mass is 1370 g/mol. The molecule has 0 bridgehead atoms. The average molecular weight is 1370 g/mol. The third-order valence-electron chi connectivity index (χ3n) is 11.6. The first-order valence-corrected chi connectivity index (χ1v) is 31.8. The standard InChI is InChI=1S/C42H29N12O28S7/c43-33-26(15-29(86(69,70)71)22-13-27(83-82-81-62)34(39(56)32(22)33)49-45-23-8-4-18(54(60)61)12-30(23)87(72,73)74)48-46-24-9-7-20-21(40(24)89(78,79)80)14-31(88(75,76)77)35(38(20)55)50-44-16-1-10-28(85(66,67)68)25(11-16)47-51-36-37(42(58)59)52-53(41(36)57)17-2-5-19(6-3-17)84(63,64)65/h1-15,55-57,60,62H,43H2,(H,58,59)(H,63,64,65)(H,66,67,68)(H,69,70,71)(H,72,73,74)(H,75,76,77)(H,78,79,80)/q-1. The van der Waals surface area contributed by atoms with Crippen LogP contribution in [0.2, 0.25) is 0 Å². The van der Waals surface area contributed by atoms with Gasteiger partial charge in [-0.2, -0.15) is 65.4 Å². The normalized spacial score (nSPS) is 13.1. The van der Waals surface area contributed by atoms with Gasteiger partial charge in [0.1, 0.15) is 58.6 Å². The molecule has 89 heavy (non-hydrogen) atoms. The molecule has 1 aromatic heterocycles. The van der Waals surface area contributed by atoms with E-state index in [4.69, 9.17) is 11.0 Å². The summed E-state index contributed by atoms with van der Waals surface area (Å²) in [6.07, 6.45) is 0. The molecule has 0 amide bonds. The smallest absolute Gasteiger partial charge is 0.358 e. The lowest BCUT2D eigenvalue weighted by atomic mass is 10.0. The largest absolute Gasteiger partial charge is 0.733 e. The maximum absolute atomic E-state index is 13.2. The number of benzene rings is 7. The first-order valence-electron chi connectivity index (χ1n) is 22.4. The van der Waals surface area contributed by atoms with Crippen molar-refractivity contribution < 1.29 is 123 Å². The number of nitrogens with zero attached hydrogens (tertiary/aromatic N) is 11. The lowest BCUT2D eigenvalue weighted by Gasteiger charge is -2.22. The Balaban J connectivity index is 1.24. The molecule has 8 rings (SSSR count). The number of phenolic OH excluding ortho intramolecular Hbond substituents is 2. The number of aromatic hydroxyl groups is 3. The molecule has 0 spiro atoms. The summed E-state index contributed by atoms with van der Waals surface area (Å²) >= 11 is -0.0468. The fraction of sp³-hybridized carbons (Fsp3) is 0. The Morgan fingerprint density at radius 3 is 1.70 bits per heavy atom. The maximum atomic E-state index is 13.2. The predicted molar refractivity (Wildman–Crippen MR) is 295 cm³/mol. The van der Waals surface area contributed by atoms with Crippen LogP contribution >= 0.6 is 12.0 Å². The number of hydrogen-bond acceptors (Lipinski definition) is 33. The van der Waals surface area contributed by atoms with E-state index in [1.807, 2.05) is 0 Å². The second kappa shape index (κ2) is 24.0. The molecule has 0 fully saturated rings. The highest BCUT2D eigenvalue weighted by Gasteiger charge is 2.31. The van der Waals surface area contributed by atoms with Crippen molar-refractivity contribution >= 4 is 157 Å². The van der Waals surface area contributed by atoms with Crippen LogP contribution in [0, 0.1) is 5.21 Å². The highest BCUT2D eigenvalue weighted by Crippen LogP contribution is 2.51. The van der Waals surface area contributed by atoms with Crippen molar-refractivity contribution in [3.63, 3.8) is 0 Å². The van der Waals surface area contributed by atoms with Crippen molar-refractivity contribution in [2.45, 2.75) is 34.3 Å². The van der Waals surface area contributed by atoms with E-state index in [2.05, 4.69) is 55.4 Å². The Morgan fingerprint density at radius 2 is 1.12 bits per heavy atom. The number of aromatic nitrogens is 2. The molecule has 0 unspecified atom stereocenters. The molecule has 0 atom stereocenters. The number of hydrogen-bond donors (Lipinski definition) is 13. The second-order valence-corrected chi connectivity index (χ2v) is 26.2. The minimum absolute atomic E-state index is 0.0468. The number of nitrogen functional groups attached to an aromatic ring is 1. The van der Waals surface area contributed by atoms with E-state index in [1.54, 1.807) is 0 Å². The van der Waals surface area contributed by atoms with Gasteiger partial charge in [0.15, 0.2) is 17.2 Å². The van der Waals surface area contributed by atoms with Crippen LogP contribution < -0.4 is 11.0 Å². The van der Waals surface area contributed by atoms with Crippen LogP contribution in [0.1, 0.15) is 10.5 Å². The Kier molecular flexibility index (Phi) is 17.7. The average Bonchev–Trinajstić information content (AvgIpc) is 2.00. The zero-order valence-electron chi connectivity index (χ0n) is 42.4. The van der Waals surface area contributed by atoms with Gasteiger partial charge in [0.05, 0.1) is 50.0 Å². The zero-order valence-corrected chi connectivity index (χ0v) is 48.1. The van der Waals surface area contributed by atoms with Crippen LogP contribution in [0.15, 0.2) is 166 Å². The van der Waals surface area contributed by atoms with E-state index < -0.39 is 208 Å². The van der Waals surface area contributed by atoms with Gasteiger partial charge in [-0.15, -0.1) is 40.1 Å². The third-order valence-corrected chi connectivity index (χ3v) is 17.6. The van der Waals surface area contributed by atoms with Crippen molar-refractivity contribution in [1.82, 2.24) is 9.78 Å². The Hall–Kier alpha value is -9.25. The van der Waals surface area contributed by atoms with Gasteiger partial charge in [-0.05, 0) is 91.0 Å². The number of aromatic carboxylic acids is 1. The van der Waals surface area contributed by atoms with Crippen LogP contribution in [-0.2, 0) is 70.1 Å². The van der Waals surface area contributed by atoms with Crippen molar-refractivity contribution in [2.75, 3.05) is 11.0 Å². The topological polar surface area (TPSA) is 652 Å². The number of anilines is 2. The van der Waals surface area contributed by atoms with Crippen LogP contribution in [0.3, 0.4) is 0 Å². The summed E-state index contributed by atoms with van der Waals surface area (Å²) < 4.78 is 215. The number of phenols is 2. The molecular formula is C42H29N12O28S7-. The summed E-state index contributed by atoms with van der Waals surface area (Å²) in [6.45, 7) is 0. The molecule has 468 valence electrons. The quantitative estimate of drug-likeness (QED) is 0.00862. The molecular weight excluding hydrogens is 1340 g/mol. The summed E-state index contributed by atoms with van der Waals surface area (Å²) in [4.78, 5) is 4.54. The highest BCUT2D eigenvalue weighted by molar-refractivity contribution is 7.94. The summed E-state index contributed by atoms with van der Waals surface area (Å²) in [7, 11) is -32.3. The van der Waals surface area contributed by atoms with Crippen LogP contribution in [-0.4, -0.2) is 124 Å². The third kappa shape index (κ3) is 13.7. The molecule has 0 aliphatic heterocycles. The van der Waals surface area contributed by atoms with Gasteiger partial charge in [0.25, 0.3) is 60.7 Å². The van der Waals surface area contributed by atoms with Crippen molar-refractivity contribution in [1.29, 1.82) is 0 Å². The minimum atomic E-state index is -5.76. The number of carboxylic acids is 1. The van der Waals surface area contributed by atoms with Crippen molar-refractivity contribution in [2.24, 2.45) is 40.9 Å². The number of nitrogens with two attached hydrogens (primary N) is 1. The van der Waals surface area contributed by atoms with Crippen LogP contribution in [0.5, 0.6) is 17.4 Å². The minimum Gasteiger partial charge on any atom is -0.733 e.